The molecule has 0 saturated carbocycles. The minimum atomic E-state index is -1.78. The highest BCUT2D eigenvalue weighted by Crippen LogP contribution is 2.42. The van der Waals surface area contributed by atoms with E-state index in [9.17, 15) is 72.8 Å². The van der Waals surface area contributed by atoms with Crippen LogP contribution in [-0.4, -0.2) is 121 Å². The van der Waals surface area contributed by atoms with E-state index in [-0.39, 0.29) is 46.0 Å². The number of carbonyl (C=O) groups is 9. The second-order valence-electron chi connectivity index (χ2n) is 16.3. The summed E-state index contributed by atoms with van der Waals surface area (Å²) in [4.78, 5) is 124. The number of hydrogen-bond donors (Lipinski definition) is 11. The number of phenolic OH excluding ortho intramolecular Hbond substituents is 1. The quantitative estimate of drug-likeness (QED) is 0.0245. The average Bonchev–Trinajstić information content (AvgIpc) is 3.28. The Kier molecular flexibility index (Phi) is 19.8. The molecule has 70 heavy (non-hydrogen) atoms. The number of fused-ring (bicyclic) bond motifs is 2. The third kappa shape index (κ3) is 15.8. The van der Waals surface area contributed by atoms with Gasteiger partial charge < -0.3 is 61.9 Å². The van der Waals surface area contributed by atoms with Gasteiger partial charge in [-0.25, -0.2) is 9.18 Å². The molecule has 1 heterocycles. The number of rotatable bonds is 26. The lowest BCUT2D eigenvalue weighted by Crippen LogP contribution is -2.59. The van der Waals surface area contributed by atoms with Crippen molar-refractivity contribution in [3.63, 3.8) is 0 Å². The molecule has 1 aliphatic carbocycles. The van der Waals surface area contributed by atoms with Crippen LogP contribution in [0.15, 0.2) is 63.8 Å². The van der Waals surface area contributed by atoms with Gasteiger partial charge in [-0.3, -0.25) is 43.2 Å². The maximum Gasteiger partial charge on any atom is 0.336 e. The van der Waals surface area contributed by atoms with Crippen LogP contribution < -0.4 is 37.3 Å². The van der Waals surface area contributed by atoms with E-state index in [1.165, 1.54) is 50.2 Å². The Labute approximate surface area is 402 Å². The summed E-state index contributed by atoms with van der Waals surface area (Å²) >= 11 is 5.41. The van der Waals surface area contributed by atoms with Crippen LogP contribution in [0, 0.1) is 5.92 Å². The number of nitrogens with one attached hydrogen (secondary N) is 6. The smallest absolute Gasteiger partial charge is 0.336 e. The van der Waals surface area contributed by atoms with Gasteiger partial charge in [0.1, 0.15) is 47.9 Å². The van der Waals surface area contributed by atoms with Gasteiger partial charge in [0.2, 0.25) is 23.6 Å². The lowest BCUT2D eigenvalue weighted by Gasteiger charge is -2.27. The number of thiocarbonyl (C=S) groups is 1. The van der Waals surface area contributed by atoms with E-state index in [0.717, 1.165) is 0 Å². The molecule has 24 heteroatoms. The van der Waals surface area contributed by atoms with Crippen LogP contribution in [0.5, 0.6) is 5.75 Å². The number of aromatic hydroxyl groups is 1. The van der Waals surface area contributed by atoms with Gasteiger partial charge in [-0.15, -0.1) is 0 Å². The summed E-state index contributed by atoms with van der Waals surface area (Å²) in [5.74, 6) is -11.7. The summed E-state index contributed by atoms with van der Waals surface area (Å²) in [5, 5.41) is 63.7. The van der Waals surface area contributed by atoms with Crippen LogP contribution in [0.2, 0.25) is 0 Å². The zero-order valence-electron chi connectivity index (χ0n) is 37.7. The van der Waals surface area contributed by atoms with Gasteiger partial charge in [-0.05, 0) is 79.4 Å². The Hall–Kier alpha value is -8.02. The van der Waals surface area contributed by atoms with Crippen molar-refractivity contribution in [3.05, 3.63) is 70.4 Å². The standard InChI is InChI=1S/C46H51FN6O16S/c1-22(2)41(44(66)52-31(19-38(60)61)33(56)21-47)53-42(64)30(13-14-37(58)59)51-43(65)32(20-39(62)63)50-36(57)6-4-3-5-15-48-46(70)49-23-7-10-26(29(16-23)45(67)68)40-27-11-8-24(54)17-34(27)69-35-18-25(55)9-12-28(35)40/h7-12,16-18,22,30-32,41,54H,3-6,13-15,19-21H2,1-2H3,(H,50,57)(H,51,65)(H,52,66)(H,53,64)(H,58,59)(H,60,61)(H,62,63)(H,67,68)(H2,48,49,70)/t30-,31-,32-,41-/m0/s1. The summed E-state index contributed by atoms with van der Waals surface area (Å²) < 4.78 is 19.0. The number of carbonyl (C=O) groups excluding carboxylic acids is 5. The number of aliphatic carboxylic acids is 3. The van der Waals surface area contributed by atoms with Crippen molar-refractivity contribution in [2.24, 2.45) is 5.92 Å². The Balaban J connectivity index is 1.32. The van der Waals surface area contributed by atoms with Gasteiger partial charge in [-0.1, -0.05) is 26.3 Å². The molecule has 2 aromatic carbocycles. The van der Waals surface area contributed by atoms with Crippen molar-refractivity contribution in [2.45, 2.75) is 89.4 Å². The molecule has 1 aliphatic heterocycles. The number of anilines is 1. The van der Waals surface area contributed by atoms with Crippen molar-refractivity contribution in [1.82, 2.24) is 26.6 Å². The molecule has 4 rings (SSSR count). The largest absolute Gasteiger partial charge is 0.508 e. The molecule has 0 unspecified atom stereocenters. The number of amides is 4. The maximum atomic E-state index is 13.4. The molecule has 22 nitrogen and oxygen atoms in total. The van der Waals surface area contributed by atoms with Gasteiger partial charge in [0.05, 0.1) is 18.4 Å². The second-order valence-corrected chi connectivity index (χ2v) is 16.7. The number of aromatic carboxylic acids is 1. The number of hydrogen-bond acceptors (Lipinski definition) is 13. The van der Waals surface area contributed by atoms with Crippen LogP contribution in [0.3, 0.4) is 0 Å². The molecule has 0 saturated heterocycles. The fourth-order valence-electron chi connectivity index (χ4n) is 7.15. The lowest BCUT2D eigenvalue weighted by atomic mass is 9.90. The number of ketones is 1. The number of halogens is 1. The minimum absolute atomic E-state index is 0.0973. The first-order chi connectivity index (χ1) is 33.1. The topological polar surface area (TPSA) is 357 Å². The molecule has 0 spiro atoms. The second kappa shape index (κ2) is 25.4. The number of Topliss-reactive ketones (excluding diaryl/α,β-unsaturated/α-hetero) is 1. The molecule has 0 radical (unpaired) electrons. The van der Waals surface area contributed by atoms with E-state index in [4.69, 9.17) is 21.7 Å². The highest BCUT2D eigenvalue weighted by Gasteiger charge is 2.34. The first-order valence-electron chi connectivity index (χ1n) is 21.6. The average molecular weight is 995 g/mol. The summed E-state index contributed by atoms with van der Waals surface area (Å²) in [7, 11) is 0. The SMILES string of the molecule is CC(C)[C@H](NC(=O)[C@H](CCC(=O)O)NC(=O)[C@H](CC(=O)O)NC(=O)CCCCCNC(=S)Nc1ccc(-c2c3ccc(=O)cc-3oc3cc(O)ccc23)c(C(=O)O)c1)C(=O)N[C@@H](CC(=O)O)C(=O)CF. The van der Waals surface area contributed by atoms with Crippen LogP contribution in [-0.2, 0) is 38.4 Å². The van der Waals surface area contributed by atoms with E-state index in [2.05, 4.69) is 31.9 Å². The summed E-state index contributed by atoms with van der Waals surface area (Å²) in [6, 6.07) is 6.34. The highest BCUT2D eigenvalue weighted by molar-refractivity contribution is 7.80. The van der Waals surface area contributed by atoms with Gasteiger partial charge in [0, 0.05) is 53.7 Å². The van der Waals surface area contributed by atoms with Crippen molar-refractivity contribution >= 4 is 87.3 Å². The van der Waals surface area contributed by atoms with Crippen LogP contribution in [0.25, 0.3) is 33.4 Å². The molecular weight excluding hydrogens is 944 g/mol. The Bertz CT molecular complexity index is 2690. The first kappa shape index (κ1) is 54.6. The minimum Gasteiger partial charge on any atom is -0.508 e. The van der Waals surface area contributed by atoms with E-state index in [1.54, 1.807) is 18.2 Å². The van der Waals surface area contributed by atoms with Gasteiger partial charge in [0.25, 0.3) is 0 Å². The fourth-order valence-corrected chi connectivity index (χ4v) is 7.37. The van der Waals surface area contributed by atoms with Crippen molar-refractivity contribution in [1.29, 1.82) is 0 Å². The molecule has 0 fully saturated rings. The number of alkyl halides is 1. The monoisotopic (exact) mass is 994 g/mol. The molecule has 2 aromatic rings. The third-order valence-electron chi connectivity index (χ3n) is 10.6. The van der Waals surface area contributed by atoms with Crippen molar-refractivity contribution in [3.8, 4) is 28.2 Å². The summed E-state index contributed by atoms with van der Waals surface area (Å²) in [6.45, 7) is 1.62. The Morgan fingerprint density at radius 3 is 2.00 bits per heavy atom. The molecule has 0 bridgehead atoms. The van der Waals surface area contributed by atoms with E-state index in [0.29, 0.717) is 47.2 Å². The first-order valence-corrected chi connectivity index (χ1v) is 22.1. The Morgan fingerprint density at radius 2 is 1.36 bits per heavy atom. The normalized spacial score (nSPS) is 12.7. The third-order valence-corrected chi connectivity index (χ3v) is 10.8. The van der Waals surface area contributed by atoms with E-state index in [1.807, 2.05) is 0 Å². The van der Waals surface area contributed by atoms with Crippen LogP contribution >= 0.6 is 12.2 Å². The van der Waals surface area contributed by atoms with Crippen molar-refractivity contribution in [2.75, 3.05) is 18.5 Å². The van der Waals surface area contributed by atoms with E-state index < -0.39 is 116 Å². The predicted octanol–water partition coefficient (Wildman–Crippen LogP) is 2.76. The van der Waals surface area contributed by atoms with E-state index >= 15 is 0 Å². The Morgan fingerprint density at radius 1 is 0.700 bits per heavy atom. The lowest BCUT2D eigenvalue weighted by molar-refractivity contribution is -0.142. The van der Waals surface area contributed by atoms with Gasteiger partial charge in [0.15, 0.2) is 16.3 Å². The number of unbranched alkanes of at least 4 members (excludes halogenated alkanes) is 2. The number of phenols is 1. The van der Waals surface area contributed by atoms with Crippen molar-refractivity contribution < 1.29 is 77.5 Å². The number of carboxylic acids is 4. The molecule has 374 valence electrons. The molecule has 4 atom stereocenters. The zero-order chi connectivity index (χ0) is 51.8. The predicted molar refractivity (Wildman–Crippen MR) is 251 cm³/mol. The molecular formula is C46H51FN6O16S. The summed E-state index contributed by atoms with van der Waals surface area (Å²) in [6.07, 6.45) is -2.15. The van der Waals surface area contributed by atoms with Crippen LogP contribution in [0.1, 0.15) is 75.6 Å². The number of benzene rings is 3. The zero-order valence-corrected chi connectivity index (χ0v) is 38.5. The number of carboxylic acid groups (broad SMARTS) is 4. The van der Waals surface area contributed by atoms with Gasteiger partial charge >= 0.3 is 23.9 Å². The molecule has 4 amide bonds. The maximum absolute atomic E-state index is 13.4. The van der Waals surface area contributed by atoms with Crippen LogP contribution in [0.4, 0.5) is 10.1 Å². The molecule has 0 aromatic heterocycles. The molecule has 2 aliphatic rings. The summed E-state index contributed by atoms with van der Waals surface area (Å²) in [5.41, 5.74) is 1.35. The molecule has 11 N–H and O–H groups in total. The highest BCUT2D eigenvalue weighted by atomic mass is 32.1. The van der Waals surface area contributed by atoms with Gasteiger partial charge in [-0.2, -0.15) is 0 Å². The fraction of sp³-hybridized carbons (Fsp3) is 0.370.